The third-order valence-corrected chi connectivity index (χ3v) is 4.80. The Hall–Kier alpha value is -1.79. The van der Waals surface area contributed by atoms with Crippen molar-refractivity contribution >= 4 is 46.7 Å². The number of rotatable bonds is 5. The fourth-order valence-electron chi connectivity index (χ4n) is 2.48. The molecule has 0 atom stereocenters. The minimum atomic E-state index is -0.926. The molecule has 0 aliphatic carbocycles. The van der Waals surface area contributed by atoms with E-state index in [1.54, 1.807) is 18.2 Å². The molecule has 6 nitrogen and oxygen atoms in total. The van der Waals surface area contributed by atoms with Crippen molar-refractivity contribution in [3.63, 3.8) is 0 Å². The summed E-state index contributed by atoms with van der Waals surface area (Å²) >= 11 is 11.9. The van der Waals surface area contributed by atoms with Crippen LogP contribution in [0.3, 0.4) is 0 Å². The van der Waals surface area contributed by atoms with Crippen molar-refractivity contribution in [3.05, 3.63) is 28.2 Å². The molecular weight excluding hydrogens is 341 g/mol. The van der Waals surface area contributed by atoms with Gasteiger partial charge >= 0.3 is 6.03 Å². The summed E-state index contributed by atoms with van der Waals surface area (Å²) in [6.07, 6.45) is 0.929. The van der Waals surface area contributed by atoms with Crippen LogP contribution in [0.2, 0.25) is 10.0 Å². The fourth-order valence-corrected chi connectivity index (χ4v) is 2.83. The van der Waals surface area contributed by atoms with Gasteiger partial charge in [-0.15, -0.1) is 0 Å². The van der Waals surface area contributed by atoms with Gasteiger partial charge in [0.15, 0.2) is 0 Å². The van der Waals surface area contributed by atoms with Gasteiger partial charge in [0, 0.05) is 0 Å². The Morgan fingerprint density at radius 1 is 1.26 bits per heavy atom. The van der Waals surface area contributed by atoms with Gasteiger partial charge in [-0.2, -0.15) is 0 Å². The van der Waals surface area contributed by atoms with Crippen LogP contribution in [0.15, 0.2) is 18.2 Å². The SMILES string of the molecule is CCC1(CC)NC(=O)N(CC(=O)Nc2cccc(Cl)c2Cl)C1=O. The van der Waals surface area contributed by atoms with Crippen LogP contribution in [0.1, 0.15) is 26.7 Å². The predicted octanol–water partition coefficient (Wildman–Crippen LogP) is 3.04. The largest absolute Gasteiger partial charge is 0.325 e. The average molecular weight is 358 g/mol. The minimum absolute atomic E-state index is 0.205. The lowest BCUT2D eigenvalue weighted by molar-refractivity contribution is -0.134. The minimum Gasteiger partial charge on any atom is -0.323 e. The molecule has 1 saturated heterocycles. The van der Waals surface area contributed by atoms with E-state index in [2.05, 4.69) is 10.6 Å². The molecule has 1 aliphatic rings. The molecule has 4 amide bonds. The molecule has 1 heterocycles. The Kier molecular flexibility index (Phi) is 5.16. The number of hydrogen-bond acceptors (Lipinski definition) is 3. The van der Waals surface area contributed by atoms with Crippen LogP contribution in [-0.4, -0.2) is 34.8 Å². The molecule has 23 heavy (non-hydrogen) atoms. The first-order valence-electron chi connectivity index (χ1n) is 7.22. The van der Waals surface area contributed by atoms with Gasteiger partial charge in [-0.1, -0.05) is 43.1 Å². The maximum atomic E-state index is 12.4. The van der Waals surface area contributed by atoms with Gasteiger partial charge in [0.05, 0.1) is 15.7 Å². The Morgan fingerprint density at radius 2 is 1.91 bits per heavy atom. The molecule has 1 aromatic carbocycles. The molecule has 2 N–H and O–H groups in total. The van der Waals surface area contributed by atoms with Gasteiger partial charge in [-0.05, 0) is 25.0 Å². The number of benzene rings is 1. The summed E-state index contributed by atoms with van der Waals surface area (Å²) in [4.78, 5) is 37.5. The van der Waals surface area contributed by atoms with Crippen LogP contribution < -0.4 is 10.6 Å². The Labute approximate surface area is 144 Å². The number of carbonyl (C=O) groups is 3. The number of urea groups is 1. The summed E-state index contributed by atoms with van der Waals surface area (Å²) in [6, 6.07) is 4.25. The van der Waals surface area contributed by atoms with E-state index in [9.17, 15) is 14.4 Å². The molecule has 0 spiro atoms. The smallest absolute Gasteiger partial charge is 0.323 e. The fraction of sp³-hybridized carbons (Fsp3) is 0.400. The molecule has 1 aliphatic heterocycles. The lowest BCUT2D eigenvalue weighted by atomic mass is 9.93. The lowest BCUT2D eigenvalue weighted by Crippen LogP contribution is -2.46. The number of hydrogen-bond donors (Lipinski definition) is 2. The average Bonchev–Trinajstić information content (AvgIpc) is 2.76. The molecule has 0 aromatic heterocycles. The zero-order valence-electron chi connectivity index (χ0n) is 12.8. The standard InChI is InChI=1S/C15H17Cl2N3O3/c1-3-15(4-2)13(22)20(14(23)19-15)8-11(21)18-10-7-5-6-9(16)12(10)17/h5-7H,3-4,8H2,1-2H3,(H,18,21)(H,19,23). The number of amides is 4. The third kappa shape index (κ3) is 3.28. The van der Waals surface area contributed by atoms with Crippen LogP contribution in [0, 0.1) is 0 Å². The number of imide groups is 1. The summed E-state index contributed by atoms with van der Waals surface area (Å²) in [5, 5.41) is 5.73. The maximum absolute atomic E-state index is 12.4. The summed E-state index contributed by atoms with van der Waals surface area (Å²) in [7, 11) is 0. The highest BCUT2D eigenvalue weighted by atomic mass is 35.5. The van der Waals surface area contributed by atoms with E-state index in [1.807, 2.05) is 13.8 Å². The highest BCUT2D eigenvalue weighted by Crippen LogP contribution is 2.30. The summed E-state index contributed by atoms with van der Waals surface area (Å²) < 4.78 is 0. The van der Waals surface area contributed by atoms with Crippen molar-refractivity contribution in [2.24, 2.45) is 0 Å². The molecular formula is C15H17Cl2N3O3. The van der Waals surface area contributed by atoms with E-state index in [0.717, 1.165) is 4.90 Å². The normalized spacial score (nSPS) is 16.4. The van der Waals surface area contributed by atoms with Gasteiger partial charge in [0.1, 0.15) is 12.1 Å². The van der Waals surface area contributed by atoms with Crippen LogP contribution in [0.4, 0.5) is 10.5 Å². The van der Waals surface area contributed by atoms with Gasteiger partial charge in [0.2, 0.25) is 5.91 Å². The summed E-state index contributed by atoms with van der Waals surface area (Å²) in [5.74, 6) is -0.916. The van der Waals surface area contributed by atoms with Crippen molar-refractivity contribution in [1.82, 2.24) is 10.2 Å². The van der Waals surface area contributed by atoms with E-state index in [0.29, 0.717) is 23.6 Å². The molecule has 0 unspecified atom stereocenters. The Bertz CT molecular complexity index is 659. The quantitative estimate of drug-likeness (QED) is 0.794. The van der Waals surface area contributed by atoms with Crippen molar-refractivity contribution in [1.29, 1.82) is 0 Å². The lowest BCUT2D eigenvalue weighted by Gasteiger charge is -2.23. The number of halogens is 2. The zero-order chi connectivity index (χ0) is 17.2. The van der Waals surface area contributed by atoms with E-state index in [-0.39, 0.29) is 17.5 Å². The summed E-state index contributed by atoms with van der Waals surface area (Å²) in [5.41, 5.74) is -0.598. The van der Waals surface area contributed by atoms with Crippen LogP contribution in [0.5, 0.6) is 0 Å². The number of nitrogens with one attached hydrogen (secondary N) is 2. The first-order chi connectivity index (χ1) is 10.8. The molecule has 0 saturated carbocycles. The van der Waals surface area contributed by atoms with Crippen LogP contribution >= 0.6 is 23.2 Å². The second-order valence-electron chi connectivity index (χ2n) is 5.26. The van der Waals surface area contributed by atoms with E-state index < -0.39 is 17.5 Å². The van der Waals surface area contributed by atoms with Gasteiger partial charge in [-0.25, -0.2) is 4.79 Å². The topological polar surface area (TPSA) is 78.5 Å². The second kappa shape index (κ2) is 6.76. The third-order valence-electron chi connectivity index (χ3n) is 3.98. The van der Waals surface area contributed by atoms with Gasteiger partial charge in [0.25, 0.3) is 5.91 Å². The first kappa shape index (κ1) is 17.6. The number of anilines is 1. The molecule has 124 valence electrons. The molecule has 2 rings (SSSR count). The molecule has 0 radical (unpaired) electrons. The van der Waals surface area contributed by atoms with Crippen molar-refractivity contribution in [3.8, 4) is 0 Å². The van der Waals surface area contributed by atoms with Crippen molar-refractivity contribution in [2.75, 3.05) is 11.9 Å². The van der Waals surface area contributed by atoms with Crippen molar-refractivity contribution in [2.45, 2.75) is 32.2 Å². The monoisotopic (exact) mass is 357 g/mol. The Morgan fingerprint density at radius 3 is 2.48 bits per heavy atom. The van der Waals surface area contributed by atoms with Crippen LogP contribution in [-0.2, 0) is 9.59 Å². The first-order valence-corrected chi connectivity index (χ1v) is 7.98. The highest BCUT2D eigenvalue weighted by Gasteiger charge is 2.49. The van der Waals surface area contributed by atoms with Crippen LogP contribution in [0.25, 0.3) is 0 Å². The highest BCUT2D eigenvalue weighted by molar-refractivity contribution is 6.44. The van der Waals surface area contributed by atoms with E-state index >= 15 is 0 Å². The van der Waals surface area contributed by atoms with E-state index in [1.165, 1.54) is 0 Å². The van der Waals surface area contributed by atoms with E-state index in [4.69, 9.17) is 23.2 Å². The molecule has 8 heteroatoms. The van der Waals surface area contributed by atoms with Crippen molar-refractivity contribution < 1.29 is 14.4 Å². The maximum Gasteiger partial charge on any atom is 0.325 e. The molecule has 1 fully saturated rings. The molecule has 0 bridgehead atoms. The van der Waals surface area contributed by atoms with Gasteiger partial charge < -0.3 is 10.6 Å². The molecule has 1 aromatic rings. The second-order valence-corrected chi connectivity index (χ2v) is 6.05. The number of nitrogens with zero attached hydrogens (tertiary/aromatic N) is 1. The summed E-state index contributed by atoms with van der Waals surface area (Å²) in [6.45, 7) is 3.25. The Balaban J connectivity index is 2.10. The van der Waals surface area contributed by atoms with Gasteiger partial charge in [-0.3, -0.25) is 14.5 Å². The predicted molar refractivity (Wildman–Crippen MR) is 88.6 cm³/mol. The zero-order valence-corrected chi connectivity index (χ0v) is 14.3. The number of carbonyl (C=O) groups excluding carboxylic acids is 3.